The van der Waals surface area contributed by atoms with Gasteiger partial charge in [0.25, 0.3) is 0 Å². The lowest BCUT2D eigenvalue weighted by Crippen LogP contribution is -2.44. The molecule has 0 aliphatic carbocycles. The van der Waals surface area contributed by atoms with Gasteiger partial charge in [-0.2, -0.15) is 0 Å². The summed E-state index contributed by atoms with van der Waals surface area (Å²) in [5, 5.41) is 9.24. The van der Waals surface area contributed by atoms with Gasteiger partial charge in [0.05, 0.1) is 0 Å². The van der Waals surface area contributed by atoms with Gasteiger partial charge in [-0.15, -0.1) is 12.4 Å². The first-order valence-corrected chi connectivity index (χ1v) is 14.0. The number of hydrogen-bond donors (Lipinski definition) is 3. The minimum atomic E-state index is -0.485. The zero-order valence-electron chi connectivity index (χ0n) is 24.0. The summed E-state index contributed by atoms with van der Waals surface area (Å²) in [5.41, 5.74) is 1.76. The molecule has 0 radical (unpaired) electrons. The van der Waals surface area contributed by atoms with E-state index < -0.39 is 5.60 Å². The highest BCUT2D eigenvalue weighted by Gasteiger charge is 2.29. The average Bonchev–Trinajstić information content (AvgIpc) is 2.96. The molecular weight excluding hydrogens is 528 g/mol. The Labute approximate surface area is 245 Å². The fourth-order valence-corrected chi connectivity index (χ4v) is 4.59. The number of likely N-dealkylation sites (tertiary alicyclic amines) is 1. The molecule has 0 atom stereocenters. The third-order valence-corrected chi connectivity index (χ3v) is 6.85. The van der Waals surface area contributed by atoms with Gasteiger partial charge >= 0.3 is 6.09 Å². The summed E-state index contributed by atoms with van der Waals surface area (Å²) in [6, 6.07) is 19.9. The predicted octanol–water partition coefficient (Wildman–Crippen LogP) is 4.67. The lowest BCUT2D eigenvalue weighted by Gasteiger charge is -2.32. The van der Waals surface area contributed by atoms with E-state index in [0.29, 0.717) is 39.0 Å². The van der Waals surface area contributed by atoms with E-state index in [9.17, 15) is 14.4 Å². The largest absolute Gasteiger partial charge is 0.444 e. The fraction of sp³-hybridized carbons (Fsp3) is 0.516. The topological polar surface area (TPSA) is 99.8 Å². The Morgan fingerprint density at radius 2 is 1.20 bits per heavy atom. The Bertz CT molecular complexity index is 1030. The maximum absolute atomic E-state index is 12.2. The number of piperidine rings is 2. The van der Waals surface area contributed by atoms with Crippen LogP contribution in [0.1, 0.15) is 57.6 Å². The molecule has 4 rings (SSSR count). The molecule has 2 aromatic rings. The molecular formula is C31H45ClN4O4. The molecule has 0 bridgehead atoms. The third-order valence-electron chi connectivity index (χ3n) is 6.85. The van der Waals surface area contributed by atoms with E-state index in [1.54, 1.807) is 4.90 Å². The molecule has 3 N–H and O–H groups in total. The van der Waals surface area contributed by atoms with E-state index in [1.165, 1.54) is 0 Å². The van der Waals surface area contributed by atoms with E-state index >= 15 is 0 Å². The zero-order valence-corrected chi connectivity index (χ0v) is 24.8. The molecule has 220 valence electrons. The number of ether oxygens (including phenoxy) is 1. The van der Waals surface area contributed by atoms with Crippen LogP contribution in [0.5, 0.6) is 0 Å². The Morgan fingerprint density at radius 1 is 0.775 bits per heavy atom. The van der Waals surface area contributed by atoms with Gasteiger partial charge in [0, 0.05) is 38.0 Å². The summed E-state index contributed by atoms with van der Waals surface area (Å²) in [6.07, 6.45) is 2.99. The van der Waals surface area contributed by atoms with Gasteiger partial charge in [-0.25, -0.2) is 4.79 Å². The molecule has 2 fully saturated rings. The van der Waals surface area contributed by atoms with Crippen molar-refractivity contribution >= 4 is 30.3 Å². The van der Waals surface area contributed by atoms with Gasteiger partial charge in [0.2, 0.25) is 11.8 Å². The molecule has 0 saturated carbocycles. The molecule has 2 heterocycles. The zero-order chi connectivity index (χ0) is 28.1. The standard InChI is InChI=1S/C18H26N2O3.C13H18N2O.ClH/c1-18(2,3)23-17(22)20-11-9-15(10-12-20)16(21)19-13-14-7-5-4-6-8-14;16-13(12-6-8-14-9-7-12)15-10-11-4-2-1-3-5-11;/h4-8,15H,9-13H2,1-3H3,(H,19,21);1-5,12,14H,6-10H2,(H,15,16);1H. The molecule has 0 spiro atoms. The number of nitrogens with one attached hydrogen (secondary N) is 3. The third kappa shape index (κ3) is 12.0. The predicted molar refractivity (Wildman–Crippen MR) is 160 cm³/mol. The van der Waals surface area contributed by atoms with Gasteiger partial charge in [0.1, 0.15) is 5.60 Å². The van der Waals surface area contributed by atoms with Crippen LogP contribution in [0, 0.1) is 11.8 Å². The second kappa shape index (κ2) is 16.9. The van der Waals surface area contributed by atoms with E-state index in [2.05, 4.69) is 16.0 Å². The van der Waals surface area contributed by atoms with Crippen molar-refractivity contribution in [1.29, 1.82) is 0 Å². The number of carbonyl (C=O) groups excluding carboxylic acids is 3. The first-order valence-electron chi connectivity index (χ1n) is 14.0. The minimum Gasteiger partial charge on any atom is -0.444 e. The van der Waals surface area contributed by atoms with Crippen LogP contribution >= 0.6 is 12.4 Å². The van der Waals surface area contributed by atoms with Crippen LogP contribution in [0.25, 0.3) is 0 Å². The fourth-order valence-electron chi connectivity index (χ4n) is 4.59. The van der Waals surface area contributed by atoms with Crippen LogP contribution in [-0.2, 0) is 27.4 Å². The first-order chi connectivity index (χ1) is 18.7. The summed E-state index contributed by atoms with van der Waals surface area (Å²) in [7, 11) is 0. The molecule has 2 aliphatic rings. The van der Waals surface area contributed by atoms with Gasteiger partial charge in [-0.1, -0.05) is 60.7 Å². The van der Waals surface area contributed by atoms with Crippen molar-refractivity contribution in [2.45, 2.75) is 65.1 Å². The Morgan fingerprint density at radius 3 is 1.62 bits per heavy atom. The highest BCUT2D eigenvalue weighted by molar-refractivity contribution is 5.85. The SMILES string of the molecule is CC(C)(C)OC(=O)N1CCC(C(=O)NCc2ccccc2)CC1.Cl.O=C(NCc1ccccc1)C1CCNCC1. The number of halogens is 1. The van der Waals surface area contributed by atoms with Gasteiger partial charge in [-0.3, -0.25) is 9.59 Å². The second-order valence-electron chi connectivity index (χ2n) is 11.2. The van der Waals surface area contributed by atoms with Crippen molar-refractivity contribution in [1.82, 2.24) is 20.9 Å². The highest BCUT2D eigenvalue weighted by atomic mass is 35.5. The van der Waals surface area contributed by atoms with Crippen LogP contribution < -0.4 is 16.0 Å². The molecule has 8 nitrogen and oxygen atoms in total. The first kappa shape index (κ1) is 33.1. The van der Waals surface area contributed by atoms with E-state index in [0.717, 1.165) is 37.1 Å². The van der Waals surface area contributed by atoms with Crippen molar-refractivity contribution in [3.05, 3.63) is 71.8 Å². The molecule has 2 aromatic carbocycles. The Kier molecular flexibility index (Phi) is 14.0. The summed E-state index contributed by atoms with van der Waals surface area (Å²) in [4.78, 5) is 37.8. The van der Waals surface area contributed by atoms with Gasteiger partial charge in [0.15, 0.2) is 0 Å². The van der Waals surface area contributed by atoms with Crippen molar-refractivity contribution in [3.63, 3.8) is 0 Å². The maximum atomic E-state index is 12.2. The number of amides is 3. The van der Waals surface area contributed by atoms with Crippen molar-refractivity contribution < 1.29 is 19.1 Å². The van der Waals surface area contributed by atoms with E-state index in [1.807, 2.05) is 81.4 Å². The van der Waals surface area contributed by atoms with Crippen molar-refractivity contribution in [2.75, 3.05) is 26.2 Å². The molecule has 2 saturated heterocycles. The van der Waals surface area contributed by atoms with E-state index in [-0.39, 0.29) is 42.2 Å². The van der Waals surface area contributed by atoms with Crippen molar-refractivity contribution in [3.8, 4) is 0 Å². The van der Waals surface area contributed by atoms with Gasteiger partial charge in [-0.05, 0) is 70.7 Å². The molecule has 2 aliphatic heterocycles. The summed E-state index contributed by atoms with van der Waals surface area (Å²) in [5.74, 6) is 0.436. The summed E-state index contributed by atoms with van der Waals surface area (Å²) < 4.78 is 5.36. The Balaban J connectivity index is 0.000000290. The van der Waals surface area contributed by atoms with Crippen LogP contribution in [0.3, 0.4) is 0 Å². The maximum Gasteiger partial charge on any atom is 0.410 e. The summed E-state index contributed by atoms with van der Waals surface area (Å²) >= 11 is 0. The van der Waals surface area contributed by atoms with E-state index in [4.69, 9.17) is 4.74 Å². The molecule has 3 amide bonds. The normalized spacial score (nSPS) is 16.0. The number of benzene rings is 2. The van der Waals surface area contributed by atoms with Gasteiger partial charge < -0.3 is 25.6 Å². The van der Waals surface area contributed by atoms with Crippen LogP contribution in [0.4, 0.5) is 4.79 Å². The van der Waals surface area contributed by atoms with Crippen molar-refractivity contribution in [2.24, 2.45) is 11.8 Å². The molecule has 0 unspecified atom stereocenters. The van der Waals surface area contributed by atoms with Crippen LogP contribution in [0.15, 0.2) is 60.7 Å². The lowest BCUT2D eigenvalue weighted by molar-refractivity contribution is -0.127. The highest BCUT2D eigenvalue weighted by Crippen LogP contribution is 2.20. The second-order valence-corrected chi connectivity index (χ2v) is 11.2. The monoisotopic (exact) mass is 572 g/mol. The Hall–Kier alpha value is -3.10. The smallest absolute Gasteiger partial charge is 0.410 e. The lowest BCUT2D eigenvalue weighted by atomic mass is 9.96. The van der Waals surface area contributed by atoms with Crippen LogP contribution in [-0.4, -0.2) is 54.6 Å². The average molecular weight is 573 g/mol. The number of nitrogens with zero attached hydrogens (tertiary/aromatic N) is 1. The quantitative estimate of drug-likeness (QED) is 0.467. The summed E-state index contributed by atoms with van der Waals surface area (Å²) in [6.45, 7) is 9.82. The number of carbonyl (C=O) groups is 3. The minimum absolute atomic E-state index is 0. The van der Waals surface area contributed by atoms with Crippen LogP contribution in [0.2, 0.25) is 0 Å². The number of hydrogen-bond acceptors (Lipinski definition) is 5. The molecule has 40 heavy (non-hydrogen) atoms. The number of rotatable bonds is 6. The molecule has 9 heteroatoms. The molecule has 0 aromatic heterocycles.